The largest absolute Gasteiger partial charge is 0.143 e. The van der Waals surface area contributed by atoms with Crippen LogP contribution in [0.2, 0.25) is 19.1 Å². The van der Waals surface area contributed by atoms with E-state index in [4.69, 9.17) is 12.6 Å². The Labute approximate surface area is 202 Å². The van der Waals surface area contributed by atoms with E-state index in [0.29, 0.717) is 0 Å². The molecule has 31 heavy (non-hydrogen) atoms. The van der Waals surface area contributed by atoms with Crippen molar-refractivity contribution in [3.8, 4) is 0 Å². The van der Waals surface area contributed by atoms with E-state index in [0.717, 1.165) is 0 Å². The fraction of sp³-hybridized carbons (Fsp3) is 0.793. The molecule has 0 saturated carbocycles. The molecule has 0 aliphatic carbocycles. The Morgan fingerprint density at radius 2 is 1.03 bits per heavy atom. The molecule has 0 saturated heterocycles. The quantitative estimate of drug-likeness (QED) is 0.118. The molecule has 0 aliphatic rings. The molecule has 0 bridgehead atoms. The molecule has 0 atom stereocenters. The maximum absolute atomic E-state index is 4.95. The summed E-state index contributed by atoms with van der Waals surface area (Å²) in [6, 6.07) is 7.86. The lowest BCUT2D eigenvalue weighted by Crippen LogP contribution is -2.29. The molecule has 0 nitrogen and oxygen atoms in total. The number of aryl methyl sites for hydroxylation is 2. The molecule has 1 aromatic carbocycles. The van der Waals surface area contributed by atoms with E-state index in [1.54, 1.807) is 5.56 Å². The van der Waals surface area contributed by atoms with Crippen LogP contribution in [-0.4, -0.2) is 8.07 Å². The van der Waals surface area contributed by atoms with Gasteiger partial charge in [-0.1, -0.05) is 135 Å². The fourth-order valence-corrected chi connectivity index (χ4v) is 7.83. The molecule has 180 valence electrons. The number of rotatable bonds is 19. The molecule has 0 amide bonds. The standard InChI is InChI=1S/C29H54SSi/c1-6-9-12-13-14-15-16-17-18-19-22-31(4,5)25-26-23-27(20-10-7-2)29(30)28(24-26)21-11-8-3/h23-24,30H,6-22,25H2,1-5H3. The average Bonchev–Trinajstić information content (AvgIpc) is 2.74. The summed E-state index contributed by atoms with van der Waals surface area (Å²) >= 11 is 4.95. The van der Waals surface area contributed by atoms with Crippen LogP contribution in [-0.2, 0) is 18.9 Å². The van der Waals surface area contributed by atoms with Crippen LogP contribution in [0.4, 0.5) is 0 Å². The maximum Gasteiger partial charge on any atom is 0.0517 e. The predicted molar refractivity (Wildman–Crippen MR) is 149 cm³/mol. The van der Waals surface area contributed by atoms with Crippen LogP contribution >= 0.6 is 12.6 Å². The zero-order valence-corrected chi connectivity index (χ0v) is 23.7. The summed E-state index contributed by atoms with van der Waals surface area (Å²) in [7, 11) is -1.19. The summed E-state index contributed by atoms with van der Waals surface area (Å²) in [4.78, 5) is 1.29. The van der Waals surface area contributed by atoms with Crippen molar-refractivity contribution in [2.45, 2.75) is 154 Å². The first-order valence-corrected chi connectivity index (χ1v) is 17.6. The van der Waals surface area contributed by atoms with Crippen molar-refractivity contribution in [2.75, 3.05) is 0 Å². The summed E-state index contributed by atoms with van der Waals surface area (Å²) in [5, 5.41) is 0. The third-order valence-electron chi connectivity index (χ3n) is 6.82. The van der Waals surface area contributed by atoms with Gasteiger partial charge < -0.3 is 0 Å². The first kappa shape index (κ1) is 28.8. The molecule has 2 heteroatoms. The van der Waals surface area contributed by atoms with Gasteiger partial charge in [-0.2, -0.15) is 0 Å². The average molecular weight is 463 g/mol. The molecule has 0 aliphatic heterocycles. The first-order valence-electron chi connectivity index (χ1n) is 13.8. The molecule has 0 heterocycles. The molecule has 1 rings (SSSR count). The Kier molecular flexibility index (Phi) is 16.1. The molecule has 0 unspecified atom stereocenters. The van der Waals surface area contributed by atoms with Crippen molar-refractivity contribution in [3.05, 3.63) is 28.8 Å². The number of hydrogen-bond acceptors (Lipinski definition) is 1. The van der Waals surface area contributed by atoms with Crippen molar-refractivity contribution in [2.24, 2.45) is 0 Å². The van der Waals surface area contributed by atoms with E-state index in [-0.39, 0.29) is 0 Å². The highest BCUT2D eigenvalue weighted by atomic mass is 32.1. The summed E-state index contributed by atoms with van der Waals surface area (Å²) < 4.78 is 0. The topological polar surface area (TPSA) is 0 Å². The van der Waals surface area contributed by atoms with E-state index in [1.165, 1.54) is 131 Å². The summed E-state index contributed by atoms with van der Waals surface area (Å²) in [5.74, 6) is 0. The van der Waals surface area contributed by atoms with Crippen LogP contribution in [0.25, 0.3) is 0 Å². The second-order valence-electron chi connectivity index (χ2n) is 10.7. The van der Waals surface area contributed by atoms with Crippen LogP contribution in [0, 0.1) is 0 Å². The highest BCUT2D eigenvalue weighted by Gasteiger charge is 2.21. The van der Waals surface area contributed by atoms with Gasteiger partial charge in [-0.3, -0.25) is 0 Å². The minimum Gasteiger partial charge on any atom is -0.143 e. The first-order chi connectivity index (χ1) is 14.9. The third kappa shape index (κ3) is 13.2. The third-order valence-corrected chi connectivity index (χ3v) is 10.5. The van der Waals surface area contributed by atoms with Gasteiger partial charge in [0.2, 0.25) is 0 Å². The van der Waals surface area contributed by atoms with Crippen LogP contribution in [0.3, 0.4) is 0 Å². The maximum atomic E-state index is 4.95. The van der Waals surface area contributed by atoms with Gasteiger partial charge in [0.25, 0.3) is 0 Å². The number of hydrogen-bond donors (Lipinski definition) is 1. The van der Waals surface area contributed by atoms with Gasteiger partial charge in [-0.25, -0.2) is 0 Å². The van der Waals surface area contributed by atoms with Gasteiger partial charge in [0.1, 0.15) is 0 Å². The van der Waals surface area contributed by atoms with Crippen LogP contribution in [0.15, 0.2) is 17.0 Å². The number of unbranched alkanes of at least 4 members (excludes halogenated alkanes) is 11. The molecule has 0 aromatic heterocycles. The van der Waals surface area contributed by atoms with Crippen LogP contribution in [0.5, 0.6) is 0 Å². The highest BCUT2D eigenvalue weighted by molar-refractivity contribution is 7.80. The Hall–Kier alpha value is -0.213. The summed E-state index contributed by atoms with van der Waals surface area (Å²) in [6.45, 7) is 12.1. The van der Waals surface area contributed by atoms with Crippen molar-refractivity contribution < 1.29 is 0 Å². The molecular weight excluding hydrogens is 408 g/mol. The Morgan fingerprint density at radius 3 is 1.48 bits per heavy atom. The minimum absolute atomic E-state index is 1.19. The minimum atomic E-state index is -1.19. The molecular formula is C29H54SSi. The van der Waals surface area contributed by atoms with Gasteiger partial charge in [-0.15, -0.1) is 12.6 Å². The summed E-state index contributed by atoms with van der Waals surface area (Å²) in [6.07, 6.45) is 21.9. The Bertz CT molecular complexity index is 549. The molecule has 0 N–H and O–H groups in total. The van der Waals surface area contributed by atoms with E-state index >= 15 is 0 Å². The van der Waals surface area contributed by atoms with Crippen molar-refractivity contribution in [1.29, 1.82) is 0 Å². The van der Waals surface area contributed by atoms with Crippen molar-refractivity contribution >= 4 is 20.7 Å². The Balaban J connectivity index is 2.49. The zero-order chi connectivity index (χ0) is 23.0. The monoisotopic (exact) mass is 462 g/mol. The van der Waals surface area contributed by atoms with Crippen molar-refractivity contribution in [3.63, 3.8) is 0 Å². The molecule has 0 fully saturated rings. The fourth-order valence-electron chi connectivity index (χ4n) is 4.78. The second kappa shape index (κ2) is 17.3. The predicted octanol–water partition coefficient (Wildman–Crippen LogP) is 10.4. The number of thiol groups is 1. The van der Waals surface area contributed by atoms with Crippen LogP contribution in [0.1, 0.15) is 127 Å². The lowest BCUT2D eigenvalue weighted by Gasteiger charge is -2.24. The van der Waals surface area contributed by atoms with Gasteiger partial charge in [0.05, 0.1) is 8.07 Å². The van der Waals surface area contributed by atoms with E-state index in [1.807, 2.05) is 0 Å². The van der Waals surface area contributed by atoms with Crippen molar-refractivity contribution in [1.82, 2.24) is 0 Å². The summed E-state index contributed by atoms with van der Waals surface area (Å²) in [5.41, 5.74) is 4.63. The normalized spacial score (nSPS) is 11.9. The zero-order valence-electron chi connectivity index (χ0n) is 21.8. The molecule has 1 aromatic rings. The Morgan fingerprint density at radius 1 is 0.613 bits per heavy atom. The lowest BCUT2D eigenvalue weighted by molar-refractivity contribution is 0.561. The second-order valence-corrected chi connectivity index (χ2v) is 16.4. The smallest absolute Gasteiger partial charge is 0.0517 e. The SMILES string of the molecule is CCCCCCCCCCCC[Si](C)(C)Cc1cc(CCCC)c(S)c(CCCC)c1. The number of benzene rings is 1. The van der Waals surface area contributed by atoms with E-state index < -0.39 is 8.07 Å². The van der Waals surface area contributed by atoms with E-state index in [2.05, 4.69) is 46.0 Å². The molecule has 0 radical (unpaired) electrons. The molecule has 0 spiro atoms. The van der Waals surface area contributed by atoms with E-state index in [9.17, 15) is 0 Å². The lowest BCUT2D eigenvalue weighted by atomic mass is 9.99. The van der Waals surface area contributed by atoms with Gasteiger partial charge in [0, 0.05) is 4.90 Å². The van der Waals surface area contributed by atoms with Crippen LogP contribution < -0.4 is 0 Å². The van der Waals surface area contributed by atoms with Gasteiger partial charge in [0.15, 0.2) is 0 Å². The van der Waals surface area contributed by atoms with Gasteiger partial charge >= 0.3 is 0 Å². The van der Waals surface area contributed by atoms with Gasteiger partial charge in [-0.05, 0) is 42.9 Å². The highest BCUT2D eigenvalue weighted by Crippen LogP contribution is 2.28.